The second-order valence-corrected chi connectivity index (χ2v) is 6.67. The number of hydrogen-bond donors (Lipinski definition) is 1. The number of alkyl halides is 3. The number of carbonyl (C=O) groups is 1. The van der Waals surface area contributed by atoms with Gasteiger partial charge in [-0.25, -0.2) is 4.79 Å². The fourth-order valence-electron chi connectivity index (χ4n) is 2.80. The molecule has 0 saturated heterocycles. The molecule has 8 heteroatoms. The highest BCUT2D eigenvalue weighted by molar-refractivity contribution is 5.68. The van der Waals surface area contributed by atoms with Crippen LogP contribution in [-0.2, 0) is 17.6 Å². The van der Waals surface area contributed by atoms with E-state index in [9.17, 15) is 18.0 Å². The largest absolute Gasteiger partial charge is 0.489 e. The van der Waals surface area contributed by atoms with Crippen molar-refractivity contribution in [2.24, 2.45) is 0 Å². The molecule has 0 amide bonds. The van der Waals surface area contributed by atoms with Crippen molar-refractivity contribution in [3.63, 3.8) is 0 Å². The zero-order valence-corrected chi connectivity index (χ0v) is 16.2. The van der Waals surface area contributed by atoms with Crippen LogP contribution in [-0.4, -0.2) is 17.7 Å². The van der Waals surface area contributed by atoms with Crippen LogP contribution in [0.3, 0.4) is 0 Å². The molecule has 3 aromatic rings. The maximum atomic E-state index is 12.7. The lowest BCUT2D eigenvalue weighted by molar-refractivity contribution is -0.139. The number of ether oxygens (including phenoxy) is 2. The summed E-state index contributed by atoms with van der Waals surface area (Å²) in [6, 6.07) is 11.5. The molecule has 5 nitrogen and oxygen atoms in total. The number of aryl methyl sites for hydroxylation is 2. The maximum Gasteiger partial charge on any atom is 0.416 e. The van der Waals surface area contributed by atoms with Crippen molar-refractivity contribution in [3.05, 3.63) is 71.0 Å². The van der Waals surface area contributed by atoms with Gasteiger partial charge in [-0.3, -0.25) is 0 Å². The summed E-state index contributed by atoms with van der Waals surface area (Å²) in [5, 5.41) is 8.68. The van der Waals surface area contributed by atoms with Crippen LogP contribution in [0.4, 0.5) is 13.2 Å². The van der Waals surface area contributed by atoms with Crippen molar-refractivity contribution in [1.29, 1.82) is 0 Å². The number of hydrogen-bond acceptors (Lipinski definition) is 4. The molecule has 0 aliphatic carbocycles. The van der Waals surface area contributed by atoms with E-state index in [1.165, 1.54) is 12.1 Å². The van der Waals surface area contributed by atoms with Gasteiger partial charge in [0.2, 0.25) is 0 Å². The van der Waals surface area contributed by atoms with E-state index in [4.69, 9.17) is 19.0 Å². The highest BCUT2D eigenvalue weighted by Gasteiger charge is 2.30. The number of carboxylic acids is 1. The molecule has 3 rings (SSSR count). The smallest absolute Gasteiger partial charge is 0.416 e. The van der Waals surface area contributed by atoms with Crippen LogP contribution >= 0.6 is 0 Å². The third-order valence-corrected chi connectivity index (χ3v) is 4.41. The van der Waals surface area contributed by atoms with Crippen LogP contribution in [0.2, 0.25) is 0 Å². The van der Waals surface area contributed by atoms with Gasteiger partial charge in [0.05, 0.1) is 5.56 Å². The Morgan fingerprint density at radius 3 is 2.33 bits per heavy atom. The van der Waals surface area contributed by atoms with Crippen molar-refractivity contribution in [1.82, 2.24) is 0 Å². The standard InChI is InChI=1S/C22H19F3O5/c1-13-9-18(7-8-19(13)29-12-21(26)27)28-11-16-10-20(30-14(16)2)15-3-5-17(6-4-15)22(23,24)25/h3-10H,11-12H2,1-2H3,(H,26,27). The van der Waals surface area contributed by atoms with E-state index >= 15 is 0 Å². The molecule has 0 atom stereocenters. The highest BCUT2D eigenvalue weighted by atomic mass is 19.4. The fourth-order valence-corrected chi connectivity index (χ4v) is 2.80. The minimum Gasteiger partial charge on any atom is -0.489 e. The van der Waals surface area contributed by atoms with Crippen LogP contribution in [0.15, 0.2) is 52.9 Å². The minimum atomic E-state index is -4.39. The Kier molecular flexibility index (Phi) is 6.05. The monoisotopic (exact) mass is 420 g/mol. The van der Waals surface area contributed by atoms with Gasteiger partial charge in [-0.05, 0) is 55.8 Å². The number of carboxylic acid groups (broad SMARTS) is 1. The van der Waals surface area contributed by atoms with Gasteiger partial charge < -0.3 is 19.0 Å². The molecule has 1 heterocycles. The lowest BCUT2D eigenvalue weighted by Crippen LogP contribution is -2.10. The van der Waals surface area contributed by atoms with E-state index in [-0.39, 0.29) is 6.61 Å². The van der Waals surface area contributed by atoms with Crippen molar-refractivity contribution >= 4 is 5.97 Å². The summed E-state index contributed by atoms with van der Waals surface area (Å²) >= 11 is 0. The summed E-state index contributed by atoms with van der Waals surface area (Å²) < 4.78 is 54.7. The average molecular weight is 420 g/mol. The first-order chi connectivity index (χ1) is 14.1. The van der Waals surface area contributed by atoms with Crippen molar-refractivity contribution in [2.75, 3.05) is 6.61 Å². The van der Waals surface area contributed by atoms with E-state index in [1.807, 2.05) is 0 Å². The molecule has 0 bridgehead atoms. The van der Waals surface area contributed by atoms with Crippen molar-refractivity contribution in [2.45, 2.75) is 26.6 Å². The molecule has 30 heavy (non-hydrogen) atoms. The minimum absolute atomic E-state index is 0.199. The van der Waals surface area contributed by atoms with Gasteiger partial charge in [0.25, 0.3) is 0 Å². The Morgan fingerprint density at radius 1 is 1.03 bits per heavy atom. The second-order valence-electron chi connectivity index (χ2n) is 6.67. The zero-order valence-electron chi connectivity index (χ0n) is 16.2. The van der Waals surface area contributed by atoms with Crippen LogP contribution in [0.25, 0.3) is 11.3 Å². The first-order valence-corrected chi connectivity index (χ1v) is 8.98. The molecular formula is C22H19F3O5. The van der Waals surface area contributed by atoms with Gasteiger partial charge in [0, 0.05) is 11.1 Å². The Morgan fingerprint density at radius 2 is 1.73 bits per heavy atom. The van der Waals surface area contributed by atoms with Gasteiger partial charge in [-0.15, -0.1) is 0 Å². The Hall–Kier alpha value is -3.42. The van der Waals surface area contributed by atoms with Gasteiger partial charge in [0.15, 0.2) is 6.61 Å². The summed E-state index contributed by atoms with van der Waals surface area (Å²) in [6.07, 6.45) is -4.39. The molecule has 0 spiro atoms. The first-order valence-electron chi connectivity index (χ1n) is 8.98. The molecule has 0 aliphatic rings. The van der Waals surface area contributed by atoms with Crippen molar-refractivity contribution < 1.29 is 37.0 Å². The summed E-state index contributed by atoms with van der Waals surface area (Å²) in [5.74, 6) is 1.01. The fraction of sp³-hybridized carbons (Fsp3) is 0.227. The molecule has 0 fully saturated rings. The summed E-state index contributed by atoms with van der Waals surface area (Å²) in [7, 11) is 0. The molecule has 0 saturated carbocycles. The van der Waals surface area contributed by atoms with Crippen LogP contribution in [0.5, 0.6) is 11.5 Å². The summed E-state index contributed by atoms with van der Waals surface area (Å²) in [6.45, 7) is 3.29. The number of aliphatic carboxylic acids is 1. The normalized spacial score (nSPS) is 11.4. The Balaban J connectivity index is 1.68. The summed E-state index contributed by atoms with van der Waals surface area (Å²) in [5.41, 5.74) is 1.30. The predicted molar refractivity (Wildman–Crippen MR) is 103 cm³/mol. The molecule has 158 valence electrons. The molecule has 0 unspecified atom stereocenters. The third kappa shape index (κ3) is 5.14. The molecule has 1 N–H and O–H groups in total. The van der Waals surface area contributed by atoms with E-state index in [1.54, 1.807) is 38.1 Å². The number of benzene rings is 2. The lowest BCUT2D eigenvalue weighted by atomic mass is 10.1. The predicted octanol–water partition coefficient (Wildman–Crippen LogP) is 5.62. The zero-order chi connectivity index (χ0) is 21.9. The SMILES string of the molecule is Cc1cc(OCc2cc(-c3ccc(C(F)(F)F)cc3)oc2C)ccc1OCC(=O)O. The first kappa shape index (κ1) is 21.3. The Bertz CT molecular complexity index is 1040. The maximum absolute atomic E-state index is 12.7. The number of halogens is 3. The quantitative estimate of drug-likeness (QED) is 0.537. The second kappa shape index (κ2) is 8.52. The highest BCUT2D eigenvalue weighted by Crippen LogP contribution is 2.32. The van der Waals surface area contributed by atoms with Crippen LogP contribution in [0, 0.1) is 13.8 Å². The van der Waals surface area contributed by atoms with Crippen molar-refractivity contribution in [3.8, 4) is 22.8 Å². The van der Waals surface area contributed by atoms with Gasteiger partial charge >= 0.3 is 12.1 Å². The topological polar surface area (TPSA) is 68.9 Å². The third-order valence-electron chi connectivity index (χ3n) is 4.41. The Labute approximate surface area is 170 Å². The van der Waals surface area contributed by atoms with Crippen LogP contribution < -0.4 is 9.47 Å². The van der Waals surface area contributed by atoms with Gasteiger partial charge in [-0.2, -0.15) is 13.2 Å². The summed E-state index contributed by atoms with van der Waals surface area (Å²) in [4.78, 5) is 10.6. The van der Waals surface area contributed by atoms with Crippen LogP contribution in [0.1, 0.15) is 22.5 Å². The molecule has 2 aromatic carbocycles. The van der Waals surface area contributed by atoms with E-state index in [0.29, 0.717) is 28.6 Å². The van der Waals surface area contributed by atoms with E-state index < -0.39 is 24.3 Å². The number of furan rings is 1. The number of rotatable bonds is 7. The molecule has 1 aromatic heterocycles. The van der Waals surface area contributed by atoms with E-state index in [0.717, 1.165) is 23.3 Å². The van der Waals surface area contributed by atoms with E-state index in [2.05, 4.69) is 0 Å². The lowest BCUT2D eigenvalue weighted by Gasteiger charge is -2.10. The molecular weight excluding hydrogens is 401 g/mol. The average Bonchev–Trinajstić information content (AvgIpc) is 3.05. The van der Waals surface area contributed by atoms with Gasteiger partial charge in [0.1, 0.15) is 29.6 Å². The molecule has 0 radical (unpaired) electrons. The van der Waals surface area contributed by atoms with Gasteiger partial charge in [-0.1, -0.05) is 12.1 Å². The molecule has 0 aliphatic heterocycles.